The summed E-state index contributed by atoms with van der Waals surface area (Å²) in [6.07, 6.45) is 0. The molecule has 1 aromatic carbocycles. The van der Waals surface area contributed by atoms with Gasteiger partial charge < -0.3 is 0 Å². The Labute approximate surface area is 91.9 Å². The van der Waals surface area contributed by atoms with E-state index in [4.69, 9.17) is 0 Å². The Morgan fingerprint density at radius 2 is 1.92 bits per heavy atom. The van der Waals surface area contributed by atoms with Crippen LogP contribution < -0.4 is 0 Å². The van der Waals surface area contributed by atoms with E-state index in [-0.39, 0.29) is 5.69 Å². The Morgan fingerprint density at radius 1 is 1.38 bits per heavy atom. The number of non-ortho nitro benzene ring substituents is 1. The Kier molecular flexibility index (Phi) is 3.62. The summed E-state index contributed by atoms with van der Waals surface area (Å²) in [6.45, 7) is 0. The molecular formula is C8H5Br2NO2. The van der Waals surface area contributed by atoms with E-state index in [2.05, 4.69) is 31.9 Å². The summed E-state index contributed by atoms with van der Waals surface area (Å²) in [7, 11) is 0. The average Bonchev–Trinajstić information content (AvgIpc) is 2.17. The first-order valence-corrected chi connectivity index (χ1v) is 5.06. The quantitative estimate of drug-likeness (QED) is 0.618. The maximum atomic E-state index is 10.3. The Balaban J connectivity index is 3.00. The van der Waals surface area contributed by atoms with Crippen molar-refractivity contribution in [2.45, 2.75) is 0 Å². The van der Waals surface area contributed by atoms with Crippen molar-refractivity contribution in [1.82, 2.24) is 0 Å². The molecule has 0 heterocycles. The van der Waals surface area contributed by atoms with E-state index in [0.717, 1.165) is 10.0 Å². The van der Waals surface area contributed by atoms with E-state index in [0.29, 0.717) is 0 Å². The van der Waals surface area contributed by atoms with Crippen molar-refractivity contribution >= 4 is 42.0 Å². The fourth-order valence-corrected chi connectivity index (χ4v) is 1.33. The molecule has 0 spiro atoms. The molecule has 3 nitrogen and oxygen atoms in total. The summed E-state index contributed by atoms with van der Waals surface area (Å²) in [5.74, 6) is 0. The fourth-order valence-electron chi connectivity index (χ4n) is 0.805. The first-order valence-electron chi connectivity index (χ1n) is 3.36. The lowest BCUT2D eigenvalue weighted by molar-refractivity contribution is -0.384. The van der Waals surface area contributed by atoms with Crippen LogP contribution in [0.1, 0.15) is 5.56 Å². The molecule has 0 fully saturated rings. The van der Waals surface area contributed by atoms with Gasteiger partial charge in [0.05, 0.1) is 4.92 Å². The summed E-state index contributed by atoms with van der Waals surface area (Å²) in [5.41, 5.74) is 0.987. The molecule has 0 saturated carbocycles. The molecule has 13 heavy (non-hydrogen) atoms. The maximum absolute atomic E-state index is 10.3. The van der Waals surface area contributed by atoms with Crippen LogP contribution in [0.4, 0.5) is 5.69 Å². The zero-order valence-electron chi connectivity index (χ0n) is 6.41. The van der Waals surface area contributed by atoms with E-state index in [9.17, 15) is 10.1 Å². The lowest BCUT2D eigenvalue weighted by Crippen LogP contribution is -1.87. The number of nitro groups is 1. The van der Waals surface area contributed by atoms with Gasteiger partial charge in [0.25, 0.3) is 5.69 Å². The van der Waals surface area contributed by atoms with Gasteiger partial charge in [-0.1, -0.05) is 15.9 Å². The number of nitrogens with zero attached hydrogens (tertiary/aromatic N) is 1. The highest BCUT2D eigenvalue weighted by atomic mass is 79.9. The minimum Gasteiger partial charge on any atom is -0.258 e. The summed E-state index contributed by atoms with van der Waals surface area (Å²) in [4.78, 5) is 11.6. The lowest BCUT2D eigenvalue weighted by atomic mass is 10.2. The number of rotatable bonds is 2. The van der Waals surface area contributed by atoms with Crippen LogP contribution >= 0.6 is 31.9 Å². The predicted molar refractivity (Wildman–Crippen MR) is 58.9 cm³/mol. The molecular weight excluding hydrogens is 302 g/mol. The van der Waals surface area contributed by atoms with Gasteiger partial charge in [-0.3, -0.25) is 10.1 Å². The van der Waals surface area contributed by atoms with E-state index in [1.54, 1.807) is 17.1 Å². The van der Waals surface area contributed by atoms with Crippen molar-refractivity contribution in [2.75, 3.05) is 0 Å². The molecule has 0 atom stereocenters. The van der Waals surface area contributed by atoms with E-state index in [1.807, 2.05) is 0 Å². The van der Waals surface area contributed by atoms with Gasteiger partial charge in [-0.05, 0) is 38.6 Å². The predicted octanol–water partition coefficient (Wildman–Crippen LogP) is 3.68. The molecule has 0 bridgehead atoms. The summed E-state index contributed by atoms with van der Waals surface area (Å²) in [6, 6.07) is 6.29. The second-order valence-electron chi connectivity index (χ2n) is 2.26. The number of benzene rings is 1. The molecule has 0 aliphatic carbocycles. The van der Waals surface area contributed by atoms with Crippen LogP contribution in [0.5, 0.6) is 0 Å². The van der Waals surface area contributed by atoms with Gasteiger partial charge in [0.1, 0.15) is 0 Å². The standard InChI is InChI=1S/C8H5Br2NO2/c9-5-8(10)6-1-3-7(4-2-6)11(12)13/h1-5H/b8-5+. The highest BCUT2D eigenvalue weighted by Gasteiger charge is 2.04. The van der Waals surface area contributed by atoms with Crippen LogP contribution in [0.25, 0.3) is 4.48 Å². The number of hydrogen-bond acceptors (Lipinski definition) is 2. The number of nitro benzene ring substituents is 1. The smallest absolute Gasteiger partial charge is 0.258 e. The molecule has 1 aromatic rings. The highest BCUT2D eigenvalue weighted by Crippen LogP contribution is 2.24. The first-order chi connectivity index (χ1) is 6.15. The monoisotopic (exact) mass is 305 g/mol. The normalized spacial score (nSPS) is 11.4. The third-order valence-electron chi connectivity index (χ3n) is 1.45. The molecule has 0 amide bonds. The number of hydrogen-bond donors (Lipinski definition) is 0. The molecule has 0 saturated heterocycles. The van der Waals surface area contributed by atoms with E-state index >= 15 is 0 Å². The van der Waals surface area contributed by atoms with Crippen LogP contribution in [-0.4, -0.2) is 4.92 Å². The van der Waals surface area contributed by atoms with E-state index < -0.39 is 4.92 Å². The first kappa shape index (κ1) is 10.4. The Morgan fingerprint density at radius 3 is 2.31 bits per heavy atom. The van der Waals surface area contributed by atoms with Crippen molar-refractivity contribution < 1.29 is 4.92 Å². The third-order valence-corrected chi connectivity index (χ3v) is 3.21. The summed E-state index contributed by atoms with van der Waals surface area (Å²) >= 11 is 6.45. The Hall–Kier alpha value is -0.680. The van der Waals surface area contributed by atoms with Crippen LogP contribution in [0.3, 0.4) is 0 Å². The third kappa shape index (κ3) is 2.63. The van der Waals surface area contributed by atoms with Crippen molar-refractivity contribution in [3.05, 3.63) is 44.9 Å². The van der Waals surface area contributed by atoms with Crippen LogP contribution in [0.2, 0.25) is 0 Å². The molecule has 0 aliphatic rings. The average molecular weight is 307 g/mol. The van der Waals surface area contributed by atoms with E-state index in [1.165, 1.54) is 12.1 Å². The highest BCUT2D eigenvalue weighted by molar-refractivity contribution is 9.16. The summed E-state index contributed by atoms with van der Waals surface area (Å²) in [5, 5.41) is 10.3. The lowest BCUT2D eigenvalue weighted by Gasteiger charge is -1.96. The molecule has 1 rings (SSSR count). The van der Waals surface area contributed by atoms with Crippen LogP contribution in [-0.2, 0) is 0 Å². The zero-order chi connectivity index (χ0) is 9.84. The Bertz CT molecular complexity index is 346. The zero-order valence-corrected chi connectivity index (χ0v) is 9.58. The second-order valence-corrected chi connectivity index (χ2v) is 3.57. The van der Waals surface area contributed by atoms with Crippen molar-refractivity contribution in [2.24, 2.45) is 0 Å². The SMILES string of the molecule is O=[N+]([O-])c1ccc(/C(Br)=C\Br)cc1. The summed E-state index contributed by atoms with van der Waals surface area (Å²) < 4.78 is 0.849. The van der Waals surface area contributed by atoms with Gasteiger partial charge in [-0.15, -0.1) is 0 Å². The second kappa shape index (κ2) is 4.53. The van der Waals surface area contributed by atoms with Gasteiger partial charge >= 0.3 is 0 Å². The molecule has 68 valence electrons. The topological polar surface area (TPSA) is 43.1 Å². The maximum Gasteiger partial charge on any atom is 0.269 e. The van der Waals surface area contributed by atoms with Crippen molar-refractivity contribution in [3.8, 4) is 0 Å². The molecule has 0 unspecified atom stereocenters. The molecule has 5 heteroatoms. The van der Waals surface area contributed by atoms with Gasteiger partial charge in [0.15, 0.2) is 0 Å². The minimum atomic E-state index is -0.421. The van der Waals surface area contributed by atoms with Gasteiger partial charge in [0, 0.05) is 16.6 Å². The van der Waals surface area contributed by atoms with Crippen molar-refractivity contribution in [3.63, 3.8) is 0 Å². The number of halogens is 2. The minimum absolute atomic E-state index is 0.0959. The van der Waals surface area contributed by atoms with Gasteiger partial charge in [-0.2, -0.15) is 0 Å². The fraction of sp³-hybridized carbons (Fsp3) is 0. The molecule has 0 radical (unpaired) electrons. The van der Waals surface area contributed by atoms with Crippen LogP contribution in [0.15, 0.2) is 29.3 Å². The largest absolute Gasteiger partial charge is 0.269 e. The van der Waals surface area contributed by atoms with Gasteiger partial charge in [-0.25, -0.2) is 0 Å². The van der Waals surface area contributed by atoms with Crippen LogP contribution in [0, 0.1) is 10.1 Å². The molecule has 0 N–H and O–H groups in total. The molecule has 0 aliphatic heterocycles. The van der Waals surface area contributed by atoms with Crippen molar-refractivity contribution in [1.29, 1.82) is 0 Å². The molecule has 0 aromatic heterocycles. The van der Waals surface area contributed by atoms with Gasteiger partial charge in [0.2, 0.25) is 0 Å².